The zero-order chi connectivity index (χ0) is 13.1. The zero-order valence-corrected chi connectivity index (χ0v) is 11.4. The molecule has 2 aromatic rings. The number of pyridine rings is 1. The fourth-order valence-corrected chi connectivity index (χ4v) is 2.00. The number of Topliss-reactive ketones (excluding diaryl/α,β-unsaturated/α-hetero) is 1. The Balaban J connectivity index is 2.25. The number of benzene rings is 1. The molecule has 4 heteroatoms. The van der Waals surface area contributed by atoms with Gasteiger partial charge >= 0.3 is 0 Å². The Morgan fingerprint density at radius 3 is 2.83 bits per heavy atom. The van der Waals surface area contributed by atoms with E-state index in [0.29, 0.717) is 10.2 Å². The summed E-state index contributed by atoms with van der Waals surface area (Å²) in [5, 5.41) is 0. The van der Waals surface area contributed by atoms with Crippen molar-refractivity contribution < 1.29 is 9.18 Å². The summed E-state index contributed by atoms with van der Waals surface area (Å²) in [6.07, 6.45) is 1.75. The SMILES string of the molecule is Cc1cccnc1CC(=O)c1ccc(Br)cc1F. The quantitative estimate of drug-likeness (QED) is 0.809. The van der Waals surface area contributed by atoms with Crippen LogP contribution < -0.4 is 0 Å². The highest BCUT2D eigenvalue weighted by Crippen LogP contribution is 2.17. The zero-order valence-electron chi connectivity index (χ0n) is 9.78. The predicted octanol–water partition coefficient (Wildman–Crippen LogP) is 3.72. The molecule has 0 radical (unpaired) electrons. The van der Waals surface area contributed by atoms with Gasteiger partial charge in [-0.3, -0.25) is 9.78 Å². The molecule has 0 spiro atoms. The van der Waals surface area contributed by atoms with Gasteiger partial charge in [0.1, 0.15) is 5.82 Å². The number of halogens is 2. The van der Waals surface area contributed by atoms with Crippen molar-refractivity contribution in [1.82, 2.24) is 4.98 Å². The van der Waals surface area contributed by atoms with E-state index < -0.39 is 5.82 Å². The van der Waals surface area contributed by atoms with Gasteiger partial charge in [-0.2, -0.15) is 0 Å². The second-order valence-corrected chi connectivity index (χ2v) is 4.91. The molecule has 92 valence electrons. The van der Waals surface area contributed by atoms with E-state index in [1.165, 1.54) is 12.1 Å². The van der Waals surface area contributed by atoms with Crippen LogP contribution in [0, 0.1) is 12.7 Å². The molecule has 2 nitrogen and oxygen atoms in total. The molecule has 0 unspecified atom stereocenters. The minimum atomic E-state index is -0.511. The van der Waals surface area contributed by atoms with Gasteiger partial charge in [0.2, 0.25) is 0 Å². The van der Waals surface area contributed by atoms with Gasteiger partial charge in [-0.25, -0.2) is 4.39 Å². The average molecular weight is 308 g/mol. The number of carbonyl (C=O) groups excluding carboxylic acids is 1. The molecule has 0 saturated carbocycles. The maximum Gasteiger partial charge on any atom is 0.171 e. The summed E-state index contributed by atoms with van der Waals surface area (Å²) in [7, 11) is 0. The maximum atomic E-state index is 13.6. The Morgan fingerprint density at radius 2 is 2.17 bits per heavy atom. The molecule has 1 aromatic heterocycles. The molecule has 18 heavy (non-hydrogen) atoms. The van der Waals surface area contributed by atoms with Crippen molar-refractivity contribution in [3.8, 4) is 0 Å². The molecule has 2 rings (SSSR count). The third-order valence-electron chi connectivity index (χ3n) is 2.68. The Labute approximate surface area is 113 Å². The topological polar surface area (TPSA) is 30.0 Å². The normalized spacial score (nSPS) is 10.4. The third kappa shape index (κ3) is 2.82. The van der Waals surface area contributed by atoms with E-state index in [4.69, 9.17) is 0 Å². The van der Waals surface area contributed by atoms with Gasteiger partial charge < -0.3 is 0 Å². The van der Waals surface area contributed by atoms with Crippen molar-refractivity contribution in [3.63, 3.8) is 0 Å². The lowest BCUT2D eigenvalue weighted by atomic mass is 10.0. The van der Waals surface area contributed by atoms with Gasteiger partial charge in [-0.05, 0) is 36.8 Å². The standard InChI is InChI=1S/C14H11BrFNO/c1-9-3-2-6-17-13(9)8-14(18)11-5-4-10(15)7-12(11)16/h2-7H,8H2,1H3. The minimum absolute atomic E-state index is 0.100. The van der Waals surface area contributed by atoms with Crippen molar-refractivity contribution >= 4 is 21.7 Å². The highest BCUT2D eigenvalue weighted by molar-refractivity contribution is 9.10. The van der Waals surface area contributed by atoms with E-state index in [9.17, 15) is 9.18 Å². The summed E-state index contributed by atoms with van der Waals surface area (Å²) in [5.74, 6) is -0.773. The number of aryl methyl sites for hydroxylation is 1. The smallest absolute Gasteiger partial charge is 0.171 e. The van der Waals surface area contributed by atoms with E-state index in [-0.39, 0.29) is 17.8 Å². The van der Waals surface area contributed by atoms with Crippen molar-refractivity contribution in [1.29, 1.82) is 0 Å². The summed E-state index contributed by atoms with van der Waals surface area (Å²) < 4.78 is 14.2. The van der Waals surface area contributed by atoms with Crippen LogP contribution in [-0.4, -0.2) is 10.8 Å². The van der Waals surface area contributed by atoms with Gasteiger partial charge in [0.15, 0.2) is 5.78 Å². The second kappa shape index (κ2) is 5.40. The Bertz CT molecular complexity index is 598. The molecule has 1 heterocycles. The molecular weight excluding hydrogens is 297 g/mol. The fraction of sp³-hybridized carbons (Fsp3) is 0.143. The van der Waals surface area contributed by atoms with Crippen LogP contribution in [0.2, 0.25) is 0 Å². The van der Waals surface area contributed by atoms with Crippen molar-refractivity contribution in [2.75, 3.05) is 0 Å². The van der Waals surface area contributed by atoms with Crippen molar-refractivity contribution in [2.45, 2.75) is 13.3 Å². The molecule has 0 atom stereocenters. The molecule has 0 aliphatic heterocycles. The first-order valence-corrected chi connectivity index (χ1v) is 6.26. The first kappa shape index (κ1) is 12.9. The lowest BCUT2D eigenvalue weighted by Crippen LogP contribution is -2.08. The van der Waals surface area contributed by atoms with Crippen LogP contribution in [0.3, 0.4) is 0 Å². The molecule has 0 saturated heterocycles. The van der Waals surface area contributed by atoms with E-state index in [0.717, 1.165) is 5.56 Å². The Morgan fingerprint density at radius 1 is 1.39 bits per heavy atom. The van der Waals surface area contributed by atoms with Crippen LogP contribution in [0.25, 0.3) is 0 Å². The second-order valence-electron chi connectivity index (χ2n) is 3.99. The van der Waals surface area contributed by atoms with Gasteiger partial charge in [-0.15, -0.1) is 0 Å². The lowest BCUT2D eigenvalue weighted by Gasteiger charge is -2.05. The monoisotopic (exact) mass is 307 g/mol. The van der Waals surface area contributed by atoms with Crippen LogP contribution in [0.1, 0.15) is 21.6 Å². The number of carbonyl (C=O) groups is 1. The third-order valence-corrected chi connectivity index (χ3v) is 3.17. The first-order chi connectivity index (χ1) is 8.58. The number of ketones is 1. The molecular formula is C14H11BrFNO. The molecule has 0 N–H and O–H groups in total. The Hall–Kier alpha value is -1.55. The molecule has 0 fully saturated rings. The van der Waals surface area contributed by atoms with Crippen molar-refractivity contribution in [3.05, 3.63) is 63.6 Å². The number of hydrogen-bond acceptors (Lipinski definition) is 2. The fourth-order valence-electron chi connectivity index (χ4n) is 1.67. The molecule has 1 aromatic carbocycles. The van der Waals surface area contributed by atoms with Gasteiger partial charge in [0.05, 0.1) is 17.7 Å². The highest BCUT2D eigenvalue weighted by atomic mass is 79.9. The number of nitrogens with zero attached hydrogens (tertiary/aromatic N) is 1. The van der Waals surface area contributed by atoms with Gasteiger partial charge in [0.25, 0.3) is 0 Å². The van der Waals surface area contributed by atoms with Crippen LogP contribution in [0.4, 0.5) is 4.39 Å². The largest absolute Gasteiger partial charge is 0.294 e. The number of rotatable bonds is 3. The summed E-state index contributed by atoms with van der Waals surface area (Å²) in [4.78, 5) is 16.1. The van der Waals surface area contributed by atoms with Crippen LogP contribution in [0.15, 0.2) is 41.0 Å². The summed E-state index contributed by atoms with van der Waals surface area (Å²) >= 11 is 3.16. The number of hydrogen-bond donors (Lipinski definition) is 0. The van der Waals surface area contributed by atoms with Gasteiger partial charge in [0, 0.05) is 10.7 Å². The van der Waals surface area contributed by atoms with E-state index >= 15 is 0 Å². The molecule has 0 aliphatic rings. The van der Waals surface area contributed by atoms with Crippen molar-refractivity contribution in [2.24, 2.45) is 0 Å². The van der Waals surface area contributed by atoms with E-state index in [1.54, 1.807) is 12.3 Å². The summed E-state index contributed by atoms with van der Waals surface area (Å²) in [6, 6.07) is 8.12. The maximum absolute atomic E-state index is 13.6. The molecule has 0 amide bonds. The van der Waals surface area contributed by atoms with Crippen LogP contribution in [0.5, 0.6) is 0 Å². The lowest BCUT2D eigenvalue weighted by molar-refractivity contribution is 0.0988. The van der Waals surface area contributed by atoms with Crippen LogP contribution >= 0.6 is 15.9 Å². The number of aromatic nitrogens is 1. The predicted molar refractivity (Wildman–Crippen MR) is 71.1 cm³/mol. The van der Waals surface area contributed by atoms with Gasteiger partial charge in [-0.1, -0.05) is 22.0 Å². The first-order valence-electron chi connectivity index (χ1n) is 5.46. The van der Waals surface area contributed by atoms with E-state index in [2.05, 4.69) is 20.9 Å². The summed E-state index contributed by atoms with van der Waals surface area (Å²) in [6.45, 7) is 1.88. The molecule has 0 bridgehead atoms. The highest BCUT2D eigenvalue weighted by Gasteiger charge is 2.14. The summed E-state index contributed by atoms with van der Waals surface area (Å²) in [5.41, 5.74) is 1.72. The van der Waals surface area contributed by atoms with Crippen LogP contribution in [-0.2, 0) is 6.42 Å². The average Bonchev–Trinajstić information content (AvgIpc) is 2.32. The Kier molecular flexibility index (Phi) is 3.87. The minimum Gasteiger partial charge on any atom is -0.294 e. The van der Waals surface area contributed by atoms with E-state index in [1.807, 2.05) is 19.1 Å². The molecule has 0 aliphatic carbocycles.